The van der Waals surface area contributed by atoms with Crippen molar-refractivity contribution in [3.63, 3.8) is 0 Å². The van der Waals surface area contributed by atoms with Gasteiger partial charge in [-0.25, -0.2) is 0 Å². The van der Waals surface area contributed by atoms with Crippen molar-refractivity contribution in [2.45, 2.75) is 19.9 Å². The van der Waals surface area contributed by atoms with Crippen LogP contribution in [0.4, 0.5) is 11.9 Å². The third-order valence-electron chi connectivity index (χ3n) is 2.22. The van der Waals surface area contributed by atoms with Gasteiger partial charge in [0.05, 0.1) is 6.54 Å². The van der Waals surface area contributed by atoms with Crippen molar-refractivity contribution in [3.05, 3.63) is 5.82 Å². The first-order valence-corrected chi connectivity index (χ1v) is 5.80. The van der Waals surface area contributed by atoms with Gasteiger partial charge in [0.15, 0.2) is 5.82 Å². The maximum Gasteiger partial charge on any atom is 0.229 e. The van der Waals surface area contributed by atoms with E-state index >= 15 is 0 Å². The molecule has 1 N–H and O–H groups in total. The summed E-state index contributed by atoms with van der Waals surface area (Å²) < 4.78 is 0. The molecule has 7 heteroatoms. The van der Waals surface area contributed by atoms with E-state index in [1.54, 1.807) is 16.7 Å². The van der Waals surface area contributed by atoms with Crippen LogP contribution in [0.3, 0.4) is 0 Å². The van der Waals surface area contributed by atoms with Crippen molar-refractivity contribution in [2.24, 2.45) is 0 Å². The van der Waals surface area contributed by atoms with Crippen LogP contribution >= 0.6 is 0 Å². The lowest BCUT2D eigenvalue weighted by Gasteiger charge is -2.16. The summed E-state index contributed by atoms with van der Waals surface area (Å²) in [6.45, 7) is 2.12. The van der Waals surface area contributed by atoms with Gasteiger partial charge in [-0.3, -0.25) is 4.79 Å². The summed E-state index contributed by atoms with van der Waals surface area (Å²) in [5.74, 6) is 1.69. The van der Waals surface area contributed by atoms with Gasteiger partial charge in [0.1, 0.15) is 0 Å². The van der Waals surface area contributed by atoms with Crippen molar-refractivity contribution < 1.29 is 4.79 Å². The normalized spacial score (nSPS) is 10.1. The molecule has 0 spiro atoms. The molecular formula is C11H20N6O. The van der Waals surface area contributed by atoms with E-state index in [1.165, 1.54) is 0 Å². The zero-order valence-corrected chi connectivity index (χ0v) is 11.6. The van der Waals surface area contributed by atoms with Gasteiger partial charge in [-0.2, -0.15) is 15.0 Å². The van der Waals surface area contributed by atoms with Crippen molar-refractivity contribution in [1.82, 2.24) is 20.3 Å². The van der Waals surface area contributed by atoms with Crippen LogP contribution in [0.25, 0.3) is 0 Å². The first kappa shape index (κ1) is 14.1. The number of carbonyl (C=O) groups is 1. The fourth-order valence-corrected chi connectivity index (χ4v) is 1.18. The standard InChI is InChI=1S/C11H20N6O/c1-6-9(18)12-7-8-13-10(16(2)3)15-11(14-8)17(4)5/h6-7H2,1-5H3,(H,12,18). The van der Waals surface area contributed by atoms with Crippen LogP contribution in [0.15, 0.2) is 0 Å². The minimum Gasteiger partial charge on any atom is -0.349 e. The minimum absolute atomic E-state index is 0.0202. The summed E-state index contributed by atoms with van der Waals surface area (Å²) in [6.07, 6.45) is 0.451. The lowest BCUT2D eigenvalue weighted by molar-refractivity contribution is -0.120. The highest BCUT2D eigenvalue weighted by molar-refractivity contribution is 5.75. The van der Waals surface area contributed by atoms with Crippen LogP contribution in [-0.4, -0.2) is 49.0 Å². The van der Waals surface area contributed by atoms with Gasteiger partial charge in [-0.05, 0) is 0 Å². The van der Waals surface area contributed by atoms with E-state index in [1.807, 2.05) is 28.2 Å². The Morgan fingerprint density at radius 3 is 1.94 bits per heavy atom. The fraction of sp³-hybridized carbons (Fsp3) is 0.636. The number of hydrogen-bond acceptors (Lipinski definition) is 6. The Bertz CT molecular complexity index is 392. The molecule has 0 saturated heterocycles. The van der Waals surface area contributed by atoms with Crippen molar-refractivity contribution in [2.75, 3.05) is 38.0 Å². The maximum atomic E-state index is 11.2. The van der Waals surface area contributed by atoms with Gasteiger partial charge in [0.2, 0.25) is 17.8 Å². The fourth-order valence-electron chi connectivity index (χ4n) is 1.18. The molecule has 1 amide bonds. The molecule has 0 aromatic carbocycles. The number of carbonyl (C=O) groups excluding carboxylic acids is 1. The van der Waals surface area contributed by atoms with E-state index in [0.717, 1.165) is 0 Å². The lowest BCUT2D eigenvalue weighted by atomic mass is 10.4. The largest absolute Gasteiger partial charge is 0.349 e. The molecule has 0 unspecified atom stereocenters. The quantitative estimate of drug-likeness (QED) is 0.797. The molecule has 100 valence electrons. The number of anilines is 2. The molecular weight excluding hydrogens is 232 g/mol. The molecule has 1 rings (SSSR count). The van der Waals surface area contributed by atoms with Crippen molar-refractivity contribution in [3.8, 4) is 0 Å². The van der Waals surface area contributed by atoms with Crippen LogP contribution < -0.4 is 15.1 Å². The molecule has 7 nitrogen and oxygen atoms in total. The van der Waals surface area contributed by atoms with Gasteiger partial charge in [0, 0.05) is 34.6 Å². The topological polar surface area (TPSA) is 74.2 Å². The number of amides is 1. The Morgan fingerprint density at radius 1 is 1.06 bits per heavy atom. The second-order valence-electron chi connectivity index (χ2n) is 4.27. The molecule has 0 fully saturated rings. The molecule has 0 radical (unpaired) electrons. The van der Waals surface area contributed by atoms with Crippen LogP contribution in [-0.2, 0) is 11.3 Å². The Labute approximate surface area is 107 Å². The van der Waals surface area contributed by atoms with E-state index < -0.39 is 0 Å². The maximum absolute atomic E-state index is 11.2. The van der Waals surface area contributed by atoms with Gasteiger partial charge in [-0.1, -0.05) is 6.92 Å². The van der Waals surface area contributed by atoms with Gasteiger partial charge >= 0.3 is 0 Å². The zero-order valence-electron chi connectivity index (χ0n) is 11.6. The lowest BCUT2D eigenvalue weighted by Crippen LogP contribution is -2.25. The Hall–Kier alpha value is -1.92. The molecule has 18 heavy (non-hydrogen) atoms. The smallest absolute Gasteiger partial charge is 0.229 e. The highest BCUT2D eigenvalue weighted by Crippen LogP contribution is 2.10. The molecule has 0 aliphatic carbocycles. The van der Waals surface area contributed by atoms with Crippen LogP contribution in [0, 0.1) is 0 Å². The minimum atomic E-state index is -0.0202. The monoisotopic (exact) mass is 252 g/mol. The molecule has 1 heterocycles. The average molecular weight is 252 g/mol. The summed E-state index contributed by atoms with van der Waals surface area (Å²) in [4.78, 5) is 27.7. The van der Waals surface area contributed by atoms with Gasteiger partial charge < -0.3 is 15.1 Å². The molecule has 0 bridgehead atoms. The third kappa shape index (κ3) is 3.83. The Kier molecular flexibility index (Phi) is 4.82. The summed E-state index contributed by atoms with van der Waals surface area (Å²) in [6, 6.07) is 0. The molecule has 0 aliphatic rings. The zero-order chi connectivity index (χ0) is 13.7. The van der Waals surface area contributed by atoms with Gasteiger partial charge in [-0.15, -0.1) is 0 Å². The number of rotatable bonds is 5. The molecule has 0 saturated carbocycles. The second-order valence-corrected chi connectivity index (χ2v) is 4.27. The van der Waals surface area contributed by atoms with E-state index in [0.29, 0.717) is 30.7 Å². The highest BCUT2D eigenvalue weighted by atomic mass is 16.1. The van der Waals surface area contributed by atoms with E-state index in [2.05, 4.69) is 20.3 Å². The highest BCUT2D eigenvalue weighted by Gasteiger charge is 2.10. The van der Waals surface area contributed by atoms with E-state index in [9.17, 15) is 4.79 Å². The summed E-state index contributed by atoms with van der Waals surface area (Å²) in [5.41, 5.74) is 0. The third-order valence-corrected chi connectivity index (χ3v) is 2.22. The predicted molar refractivity (Wildman–Crippen MR) is 70.6 cm³/mol. The van der Waals surface area contributed by atoms with Crippen molar-refractivity contribution in [1.29, 1.82) is 0 Å². The molecule has 0 atom stereocenters. The van der Waals surface area contributed by atoms with Crippen LogP contribution in [0.2, 0.25) is 0 Å². The molecule has 1 aromatic heterocycles. The SMILES string of the molecule is CCC(=O)NCc1nc(N(C)C)nc(N(C)C)n1. The average Bonchev–Trinajstić information content (AvgIpc) is 2.35. The number of hydrogen-bond donors (Lipinski definition) is 1. The first-order valence-electron chi connectivity index (χ1n) is 5.80. The first-order chi connectivity index (χ1) is 8.43. The van der Waals surface area contributed by atoms with E-state index in [4.69, 9.17) is 0 Å². The Morgan fingerprint density at radius 2 is 1.56 bits per heavy atom. The van der Waals surface area contributed by atoms with E-state index in [-0.39, 0.29) is 5.91 Å². The second kappa shape index (κ2) is 6.13. The number of nitrogens with one attached hydrogen (secondary N) is 1. The van der Waals surface area contributed by atoms with Crippen molar-refractivity contribution >= 4 is 17.8 Å². The molecule has 0 aliphatic heterocycles. The Balaban J connectivity index is 2.92. The number of aromatic nitrogens is 3. The molecule has 1 aromatic rings. The summed E-state index contributed by atoms with van der Waals surface area (Å²) in [7, 11) is 7.46. The predicted octanol–water partition coefficient (Wildman–Crippen LogP) is 0.0298. The summed E-state index contributed by atoms with van der Waals surface area (Å²) in [5, 5.41) is 2.75. The number of nitrogens with zero attached hydrogens (tertiary/aromatic N) is 5. The van der Waals surface area contributed by atoms with Crippen LogP contribution in [0.1, 0.15) is 19.2 Å². The van der Waals surface area contributed by atoms with Gasteiger partial charge in [0.25, 0.3) is 0 Å². The summed E-state index contributed by atoms with van der Waals surface area (Å²) >= 11 is 0. The van der Waals surface area contributed by atoms with Crippen LogP contribution in [0.5, 0.6) is 0 Å².